The number of thioether (sulfide) groups is 1. The van der Waals surface area contributed by atoms with E-state index in [9.17, 15) is 14.4 Å². The fraction of sp³-hybridized carbons (Fsp3) is 0.133. The molecule has 0 aliphatic carbocycles. The molecule has 3 N–H and O–H groups in total. The van der Waals surface area contributed by atoms with Gasteiger partial charge in [0.2, 0.25) is 5.91 Å². The van der Waals surface area contributed by atoms with Crippen LogP contribution in [0.4, 0.5) is 10.8 Å². The molecule has 0 radical (unpaired) electrons. The van der Waals surface area contributed by atoms with Crippen LogP contribution >= 0.6 is 23.1 Å². The van der Waals surface area contributed by atoms with Gasteiger partial charge in [-0.25, -0.2) is 4.98 Å². The molecular formula is C30H28N4O3S2. The van der Waals surface area contributed by atoms with E-state index < -0.39 is 5.91 Å². The van der Waals surface area contributed by atoms with Crippen molar-refractivity contribution in [1.29, 1.82) is 0 Å². The molecule has 1 aromatic heterocycles. The van der Waals surface area contributed by atoms with Crippen molar-refractivity contribution in [1.82, 2.24) is 10.3 Å². The van der Waals surface area contributed by atoms with E-state index in [1.807, 2.05) is 68.6 Å². The third kappa shape index (κ3) is 8.13. The number of aryl methyl sites for hydroxylation is 2. The van der Waals surface area contributed by atoms with Gasteiger partial charge in [-0.1, -0.05) is 48.0 Å². The van der Waals surface area contributed by atoms with Gasteiger partial charge in [0.15, 0.2) is 5.13 Å². The molecule has 1 heterocycles. The Morgan fingerprint density at radius 1 is 0.923 bits per heavy atom. The lowest BCUT2D eigenvalue weighted by Crippen LogP contribution is -2.30. The summed E-state index contributed by atoms with van der Waals surface area (Å²) in [5, 5.41) is 10.6. The summed E-state index contributed by atoms with van der Waals surface area (Å²) < 4.78 is 0. The third-order valence-electron chi connectivity index (χ3n) is 5.53. The molecule has 3 aromatic carbocycles. The average Bonchev–Trinajstić information content (AvgIpc) is 3.34. The lowest BCUT2D eigenvalue weighted by Gasteiger charge is -2.13. The molecule has 0 saturated carbocycles. The Morgan fingerprint density at radius 3 is 2.33 bits per heavy atom. The number of amides is 3. The summed E-state index contributed by atoms with van der Waals surface area (Å²) in [6, 6.07) is 23.6. The van der Waals surface area contributed by atoms with Gasteiger partial charge in [0.25, 0.3) is 11.8 Å². The summed E-state index contributed by atoms with van der Waals surface area (Å²) in [4.78, 5) is 43.7. The number of anilines is 2. The molecule has 198 valence electrons. The summed E-state index contributed by atoms with van der Waals surface area (Å²) in [5.41, 5.74) is 3.82. The number of hydrogen-bond donors (Lipinski definition) is 3. The van der Waals surface area contributed by atoms with Crippen molar-refractivity contribution in [3.05, 3.63) is 112 Å². The van der Waals surface area contributed by atoms with Crippen LogP contribution in [0.25, 0.3) is 6.08 Å². The van der Waals surface area contributed by atoms with E-state index in [-0.39, 0.29) is 22.8 Å². The van der Waals surface area contributed by atoms with Gasteiger partial charge >= 0.3 is 0 Å². The van der Waals surface area contributed by atoms with E-state index in [4.69, 9.17) is 0 Å². The Morgan fingerprint density at radius 2 is 1.67 bits per heavy atom. The Labute approximate surface area is 235 Å². The quantitative estimate of drug-likeness (QED) is 0.166. The smallest absolute Gasteiger partial charge is 0.272 e. The summed E-state index contributed by atoms with van der Waals surface area (Å²) in [6.45, 7) is 5.67. The fourth-order valence-electron chi connectivity index (χ4n) is 3.56. The maximum atomic E-state index is 13.2. The van der Waals surface area contributed by atoms with Crippen molar-refractivity contribution in [3.63, 3.8) is 0 Å². The average molecular weight is 557 g/mol. The minimum Gasteiger partial charge on any atom is -0.321 e. The van der Waals surface area contributed by atoms with Crippen LogP contribution in [-0.4, -0.2) is 28.0 Å². The molecular weight excluding hydrogens is 528 g/mol. The van der Waals surface area contributed by atoms with Gasteiger partial charge in [0.05, 0.1) is 10.9 Å². The second kappa shape index (κ2) is 13.0. The van der Waals surface area contributed by atoms with Gasteiger partial charge < -0.3 is 16.0 Å². The Bertz CT molecular complexity index is 1500. The largest absolute Gasteiger partial charge is 0.321 e. The van der Waals surface area contributed by atoms with Crippen LogP contribution in [0.3, 0.4) is 0 Å². The van der Waals surface area contributed by atoms with Crippen molar-refractivity contribution < 1.29 is 14.4 Å². The zero-order valence-corrected chi connectivity index (χ0v) is 23.4. The molecule has 0 aliphatic heterocycles. The predicted molar refractivity (Wildman–Crippen MR) is 159 cm³/mol. The fourth-order valence-corrected chi connectivity index (χ4v) is 5.12. The van der Waals surface area contributed by atoms with E-state index in [1.54, 1.807) is 42.5 Å². The van der Waals surface area contributed by atoms with Crippen LogP contribution in [-0.2, 0) is 9.59 Å². The van der Waals surface area contributed by atoms with Crippen molar-refractivity contribution in [2.75, 3.05) is 10.6 Å². The summed E-state index contributed by atoms with van der Waals surface area (Å²) in [6.07, 6.45) is 1.65. The molecule has 1 atom stereocenters. The van der Waals surface area contributed by atoms with E-state index in [0.717, 1.165) is 21.7 Å². The van der Waals surface area contributed by atoms with Crippen molar-refractivity contribution >= 4 is 57.7 Å². The highest BCUT2D eigenvalue weighted by Gasteiger charge is 2.17. The SMILES string of the molecule is Cc1cccc(/C=C(\NC(=O)c2ccccc2)C(=O)Nc2ccc(SC(C)C(=O)Nc3nc(C)cs3)cc2)c1. The topological polar surface area (TPSA) is 100 Å². The molecule has 1 unspecified atom stereocenters. The summed E-state index contributed by atoms with van der Waals surface area (Å²) in [5.74, 6) is -0.962. The van der Waals surface area contributed by atoms with Gasteiger partial charge in [-0.15, -0.1) is 23.1 Å². The highest BCUT2D eigenvalue weighted by Crippen LogP contribution is 2.26. The number of nitrogens with zero attached hydrogens (tertiary/aromatic N) is 1. The Balaban J connectivity index is 1.43. The number of nitrogens with one attached hydrogen (secondary N) is 3. The minimum absolute atomic E-state index is 0.121. The molecule has 39 heavy (non-hydrogen) atoms. The van der Waals surface area contributed by atoms with Crippen LogP contribution in [0.2, 0.25) is 0 Å². The number of hydrogen-bond acceptors (Lipinski definition) is 6. The molecule has 7 nitrogen and oxygen atoms in total. The van der Waals surface area contributed by atoms with Crippen molar-refractivity contribution in [2.45, 2.75) is 30.9 Å². The third-order valence-corrected chi connectivity index (χ3v) is 7.51. The first-order valence-corrected chi connectivity index (χ1v) is 14.0. The Kier molecular flexibility index (Phi) is 9.30. The van der Waals surface area contributed by atoms with Crippen molar-refractivity contribution in [2.24, 2.45) is 0 Å². The second-order valence-electron chi connectivity index (χ2n) is 8.81. The van der Waals surface area contributed by atoms with Gasteiger partial charge in [0, 0.05) is 21.5 Å². The van der Waals surface area contributed by atoms with Crippen LogP contribution in [0.15, 0.2) is 94.8 Å². The lowest BCUT2D eigenvalue weighted by atomic mass is 10.1. The number of carbonyl (C=O) groups is 3. The monoisotopic (exact) mass is 556 g/mol. The first-order chi connectivity index (χ1) is 18.8. The van der Waals surface area contributed by atoms with Gasteiger partial charge in [-0.05, 0) is 68.8 Å². The first-order valence-electron chi connectivity index (χ1n) is 12.2. The normalized spacial score (nSPS) is 11.9. The van der Waals surface area contributed by atoms with E-state index in [0.29, 0.717) is 16.4 Å². The highest BCUT2D eigenvalue weighted by atomic mass is 32.2. The van der Waals surface area contributed by atoms with Gasteiger partial charge in [-0.2, -0.15) is 0 Å². The summed E-state index contributed by atoms with van der Waals surface area (Å²) >= 11 is 2.80. The molecule has 4 rings (SSSR count). The first kappa shape index (κ1) is 27.8. The zero-order valence-electron chi connectivity index (χ0n) is 21.7. The highest BCUT2D eigenvalue weighted by molar-refractivity contribution is 8.00. The van der Waals surface area contributed by atoms with Crippen LogP contribution < -0.4 is 16.0 Å². The lowest BCUT2D eigenvalue weighted by molar-refractivity contribution is -0.115. The molecule has 3 amide bonds. The van der Waals surface area contributed by atoms with Crippen LogP contribution in [0.5, 0.6) is 0 Å². The molecule has 9 heteroatoms. The van der Waals surface area contributed by atoms with E-state index >= 15 is 0 Å². The molecule has 0 saturated heterocycles. The second-order valence-corrected chi connectivity index (χ2v) is 11.1. The number of aromatic nitrogens is 1. The number of thiazole rings is 1. The number of carbonyl (C=O) groups excluding carboxylic acids is 3. The van der Waals surface area contributed by atoms with Gasteiger partial charge in [0.1, 0.15) is 5.70 Å². The molecule has 4 aromatic rings. The molecule has 0 fully saturated rings. The zero-order chi connectivity index (χ0) is 27.8. The maximum Gasteiger partial charge on any atom is 0.272 e. The maximum absolute atomic E-state index is 13.2. The van der Waals surface area contributed by atoms with Crippen LogP contribution in [0, 0.1) is 13.8 Å². The van der Waals surface area contributed by atoms with E-state index in [2.05, 4.69) is 20.9 Å². The van der Waals surface area contributed by atoms with Crippen LogP contribution in [0.1, 0.15) is 34.1 Å². The Hall–Kier alpha value is -4.21. The summed E-state index contributed by atoms with van der Waals surface area (Å²) in [7, 11) is 0. The van der Waals surface area contributed by atoms with E-state index in [1.165, 1.54) is 23.1 Å². The predicted octanol–water partition coefficient (Wildman–Crippen LogP) is 6.29. The molecule has 0 bridgehead atoms. The molecule has 0 aliphatic rings. The van der Waals surface area contributed by atoms with Crippen molar-refractivity contribution in [3.8, 4) is 0 Å². The van der Waals surface area contributed by atoms with Gasteiger partial charge in [-0.3, -0.25) is 14.4 Å². The number of benzene rings is 3. The number of rotatable bonds is 9. The minimum atomic E-state index is -0.451. The molecule has 0 spiro atoms. The standard InChI is InChI=1S/C30H28N4O3S2/c1-19-8-7-9-22(16-19)17-26(33-28(36)23-10-5-4-6-11-23)29(37)32-24-12-14-25(15-13-24)39-21(3)27(35)34-30-31-20(2)18-38-30/h4-18,21H,1-3H3,(H,32,37)(H,33,36)(H,31,34,35)/b26-17-.